The molecule has 7 heteroatoms. The molecule has 1 aromatic rings. The van der Waals surface area contributed by atoms with Gasteiger partial charge >= 0.3 is 0 Å². The fraction of sp³-hybridized carbons (Fsp3) is 0.714. The van der Waals surface area contributed by atoms with Crippen LogP contribution < -0.4 is 4.74 Å². The van der Waals surface area contributed by atoms with Crippen molar-refractivity contribution in [3.8, 4) is 5.75 Å². The van der Waals surface area contributed by atoms with Gasteiger partial charge in [-0.05, 0) is 68.9 Å². The van der Waals surface area contributed by atoms with Crippen LogP contribution in [0.1, 0.15) is 60.5 Å². The molecular weight excluding hydrogens is 460 g/mol. The maximum atomic E-state index is 9.60. The second-order valence-corrected chi connectivity index (χ2v) is 16.4. The van der Waals surface area contributed by atoms with Gasteiger partial charge in [-0.3, -0.25) is 0 Å². The first kappa shape index (κ1) is 30.0. The van der Waals surface area contributed by atoms with Crippen molar-refractivity contribution in [2.75, 3.05) is 13.7 Å². The molecule has 6 nitrogen and oxygen atoms in total. The molecule has 1 aromatic carbocycles. The molecule has 200 valence electrons. The minimum absolute atomic E-state index is 0.0311. The van der Waals surface area contributed by atoms with Crippen LogP contribution in [0, 0.1) is 5.92 Å². The third-order valence-corrected chi connectivity index (χ3v) is 11.8. The largest absolute Gasteiger partial charge is 0.497 e. The quantitative estimate of drug-likeness (QED) is 0.272. The number of aliphatic hydroxyl groups excluding tert-OH is 1. The van der Waals surface area contributed by atoms with E-state index in [0.717, 1.165) is 11.3 Å². The molecule has 0 aliphatic carbocycles. The summed E-state index contributed by atoms with van der Waals surface area (Å²) in [5, 5.41) is 9.76. The summed E-state index contributed by atoms with van der Waals surface area (Å²) >= 11 is 0. The Morgan fingerprint density at radius 3 is 2.26 bits per heavy atom. The van der Waals surface area contributed by atoms with E-state index in [1.54, 1.807) is 7.11 Å². The lowest BCUT2D eigenvalue weighted by Gasteiger charge is -2.39. The Kier molecular flexibility index (Phi) is 10.6. The molecule has 0 amide bonds. The van der Waals surface area contributed by atoms with E-state index < -0.39 is 14.1 Å². The van der Waals surface area contributed by atoms with Gasteiger partial charge in [-0.15, -0.1) is 0 Å². The summed E-state index contributed by atoms with van der Waals surface area (Å²) in [5.41, 5.74) is 1.05. The topological polar surface area (TPSA) is 66.4 Å². The third kappa shape index (κ3) is 8.69. The zero-order valence-corrected chi connectivity index (χ0v) is 24.5. The molecule has 0 saturated carbocycles. The number of hydrogen-bond donors (Lipinski definition) is 1. The molecule has 2 rings (SSSR count). The SMILES string of the molecule is COc1ccc(COC(C=C[C@@H](C)[C@H](C)O[Si](C)(C)C(C)(C)C)[C@H]2OC(C)(C)O[C@H]2CCO)cc1. The molecule has 1 fully saturated rings. The van der Waals surface area contributed by atoms with Gasteiger partial charge < -0.3 is 28.5 Å². The highest BCUT2D eigenvalue weighted by Gasteiger charge is 2.45. The Labute approximate surface area is 214 Å². The van der Waals surface area contributed by atoms with Crippen molar-refractivity contribution in [3.63, 3.8) is 0 Å². The molecule has 1 heterocycles. The van der Waals surface area contributed by atoms with E-state index in [9.17, 15) is 5.11 Å². The average Bonchev–Trinajstić information content (AvgIpc) is 3.07. The van der Waals surface area contributed by atoms with Crippen LogP contribution >= 0.6 is 0 Å². The van der Waals surface area contributed by atoms with E-state index in [0.29, 0.717) is 13.0 Å². The van der Waals surface area contributed by atoms with Crippen LogP contribution in [-0.4, -0.2) is 57.3 Å². The summed E-state index contributed by atoms with van der Waals surface area (Å²) in [6, 6.07) is 7.85. The number of aliphatic hydroxyl groups is 1. The van der Waals surface area contributed by atoms with Crippen LogP contribution in [0.4, 0.5) is 0 Å². The number of methoxy groups -OCH3 is 1. The first-order valence-corrected chi connectivity index (χ1v) is 15.7. The monoisotopic (exact) mass is 508 g/mol. The standard InChI is InChI=1S/C28H48O6Si/c1-20(21(2)34-35(9,10)27(3,4)5)11-16-24(26-25(17-18-29)32-28(6,7)33-26)31-19-22-12-14-23(30-8)15-13-22/h11-16,20-21,24-26,29H,17-19H2,1-10H3/t20-,21+,24?,25+,26-/m1/s1. The lowest BCUT2D eigenvalue weighted by atomic mass is 10.0. The van der Waals surface area contributed by atoms with Gasteiger partial charge in [0.2, 0.25) is 0 Å². The van der Waals surface area contributed by atoms with E-state index in [1.165, 1.54) is 0 Å². The Balaban J connectivity index is 2.19. The van der Waals surface area contributed by atoms with Crippen LogP contribution in [-0.2, 0) is 25.2 Å². The highest BCUT2D eigenvalue weighted by atomic mass is 28.4. The van der Waals surface area contributed by atoms with Crippen LogP contribution in [0.25, 0.3) is 0 Å². The third-order valence-electron chi connectivity index (χ3n) is 7.19. The molecule has 0 bridgehead atoms. The molecule has 1 unspecified atom stereocenters. The Morgan fingerprint density at radius 2 is 1.71 bits per heavy atom. The van der Waals surface area contributed by atoms with Gasteiger partial charge in [0, 0.05) is 12.7 Å². The van der Waals surface area contributed by atoms with Crippen LogP contribution in [0.5, 0.6) is 5.75 Å². The molecule has 0 radical (unpaired) electrons. The number of ether oxygens (including phenoxy) is 4. The van der Waals surface area contributed by atoms with Gasteiger partial charge in [0.15, 0.2) is 14.1 Å². The van der Waals surface area contributed by atoms with E-state index in [-0.39, 0.29) is 42.0 Å². The lowest BCUT2D eigenvalue weighted by Crippen LogP contribution is -2.44. The second-order valence-electron chi connectivity index (χ2n) is 11.6. The molecular formula is C28H48O6Si. The number of benzene rings is 1. The molecule has 1 N–H and O–H groups in total. The zero-order valence-electron chi connectivity index (χ0n) is 23.5. The first-order chi connectivity index (χ1) is 16.2. The zero-order chi connectivity index (χ0) is 26.4. The average molecular weight is 509 g/mol. The molecule has 0 aromatic heterocycles. The minimum Gasteiger partial charge on any atom is -0.497 e. The van der Waals surface area contributed by atoms with Crippen molar-refractivity contribution in [1.82, 2.24) is 0 Å². The highest BCUT2D eigenvalue weighted by Crippen LogP contribution is 2.38. The summed E-state index contributed by atoms with van der Waals surface area (Å²) in [6.07, 6.45) is 3.91. The fourth-order valence-electron chi connectivity index (χ4n) is 3.86. The predicted molar refractivity (Wildman–Crippen MR) is 143 cm³/mol. The van der Waals surface area contributed by atoms with Crippen molar-refractivity contribution < 1.29 is 28.5 Å². The molecule has 5 atom stereocenters. The number of rotatable bonds is 12. The summed E-state index contributed by atoms with van der Waals surface area (Å²) in [4.78, 5) is 0. The molecule has 1 saturated heterocycles. The molecule has 0 spiro atoms. The summed E-state index contributed by atoms with van der Waals surface area (Å²) in [7, 11) is -0.212. The molecule has 1 aliphatic rings. The van der Waals surface area contributed by atoms with E-state index in [1.807, 2.05) is 38.1 Å². The van der Waals surface area contributed by atoms with Crippen LogP contribution in [0.15, 0.2) is 36.4 Å². The minimum atomic E-state index is -1.87. The van der Waals surface area contributed by atoms with Crippen LogP contribution in [0.3, 0.4) is 0 Å². The highest BCUT2D eigenvalue weighted by molar-refractivity contribution is 6.74. The first-order valence-electron chi connectivity index (χ1n) is 12.8. The Bertz CT molecular complexity index is 799. The van der Waals surface area contributed by atoms with Gasteiger partial charge in [-0.2, -0.15) is 0 Å². The maximum absolute atomic E-state index is 9.60. The van der Waals surface area contributed by atoms with Crippen molar-refractivity contribution in [1.29, 1.82) is 0 Å². The van der Waals surface area contributed by atoms with Gasteiger partial charge in [0.05, 0.1) is 19.8 Å². The lowest BCUT2D eigenvalue weighted by molar-refractivity contribution is -0.156. The maximum Gasteiger partial charge on any atom is 0.192 e. The van der Waals surface area contributed by atoms with Gasteiger partial charge in [0.1, 0.15) is 18.0 Å². The molecule has 1 aliphatic heterocycles. The van der Waals surface area contributed by atoms with Crippen molar-refractivity contribution in [3.05, 3.63) is 42.0 Å². The Hall–Kier alpha value is -1.22. The van der Waals surface area contributed by atoms with Crippen LogP contribution in [0.2, 0.25) is 18.1 Å². The molecule has 35 heavy (non-hydrogen) atoms. The van der Waals surface area contributed by atoms with Gasteiger partial charge in [-0.25, -0.2) is 0 Å². The predicted octanol–water partition coefficient (Wildman–Crippen LogP) is 6.09. The van der Waals surface area contributed by atoms with Gasteiger partial charge in [-0.1, -0.05) is 52.0 Å². The normalized spacial score (nSPS) is 23.4. The summed E-state index contributed by atoms with van der Waals surface area (Å²) < 4.78 is 30.6. The second kappa shape index (κ2) is 12.3. The summed E-state index contributed by atoms with van der Waals surface area (Å²) in [6.45, 7) is 19.9. The Morgan fingerprint density at radius 1 is 1.09 bits per heavy atom. The summed E-state index contributed by atoms with van der Waals surface area (Å²) in [5.74, 6) is 0.277. The smallest absolute Gasteiger partial charge is 0.192 e. The fourth-order valence-corrected chi connectivity index (χ4v) is 5.35. The van der Waals surface area contributed by atoms with E-state index in [2.05, 4.69) is 59.9 Å². The van der Waals surface area contributed by atoms with Crippen molar-refractivity contribution in [2.24, 2.45) is 5.92 Å². The van der Waals surface area contributed by atoms with Gasteiger partial charge in [0.25, 0.3) is 0 Å². The van der Waals surface area contributed by atoms with E-state index in [4.69, 9.17) is 23.4 Å². The number of hydrogen-bond acceptors (Lipinski definition) is 6. The van der Waals surface area contributed by atoms with E-state index >= 15 is 0 Å². The van der Waals surface area contributed by atoms with Crippen molar-refractivity contribution in [2.45, 2.75) is 110 Å². The van der Waals surface area contributed by atoms with Crippen molar-refractivity contribution >= 4 is 8.32 Å².